The second kappa shape index (κ2) is 8.15. The molecule has 0 radical (unpaired) electrons. The molecule has 0 aliphatic heterocycles. The quantitative estimate of drug-likeness (QED) is 0.576. The smallest absolute Gasteiger partial charge is 0.191 e. The van der Waals surface area contributed by atoms with Gasteiger partial charge in [-0.25, -0.2) is 13.2 Å². The van der Waals surface area contributed by atoms with Crippen LogP contribution < -0.4 is 0 Å². The summed E-state index contributed by atoms with van der Waals surface area (Å²) in [6.45, 7) is 2.11. The van der Waals surface area contributed by atoms with E-state index in [1.165, 1.54) is 29.5 Å². The van der Waals surface area contributed by atoms with Crippen LogP contribution in [0.15, 0.2) is 36.4 Å². The monoisotopic (exact) mass is 372 g/mol. The van der Waals surface area contributed by atoms with Gasteiger partial charge in [0, 0.05) is 6.42 Å². The van der Waals surface area contributed by atoms with E-state index in [2.05, 4.69) is 29.0 Å². The van der Waals surface area contributed by atoms with E-state index in [1.807, 2.05) is 0 Å². The second-order valence-electron chi connectivity index (χ2n) is 5.68. The fraction of sp³-hybridized carbons (Fsp3) is 0.200. The SMILES string of the molecule is CCCCc1nnc(C#Cc2ccc(-c3ccc(F)c(F)c3)cc2F)s1. The van der Waals surface area contributed by atoms with E-state index in [4.69, 9.17) is 0 Å². The first-order chi connectivity index (χ1) is 12.6. The van der Waals surface area contributed by atoms with Crippen molar-refractivity contribution in [1.82, 2.24) is 10.2 Å². The highest BCUT2D eigenvalue weighted by molar-refractivity contribution is 7.11. The minimum atomic E-state index is -0.970. The van der Waals surface area contributed by atoms with Crippen LogP contribution in [0.4, 0.5) is 13.2 Å². The van der Waals surface area contributed by atoms with E-state index in [0.29, 0.717) is 16.1 Å². The molecule has 0 fully saturated rings. The zero-order valence-corrected chi connectivity index (χ0v) is 14.8. The molecule has 0 bridgehead atoms. The topological polar surface area (TPSA) is 25.8 Å². The summed E-state index contributed by atoms with van der Waals surface area (Å²) in [7, 11) is 0. The van der Waals surface area contributed by atoms with E-state index >= 15 is 0 Å². The standard InChI is InChI=1S/C20H15F3N2S/c1-2-3-4-19-24-25-20(26-19)10-8-13-5-6-14(11-17(13)22)15-7-9-16(21)18(23)12-15/h5-7,9,11-12H,2-4H2,1H3. The van der Waals surface area contributed by atoms with Gasteiger partial charge in [0.05, 0.1) is 5.56 Å². The molecule has 26 heavy (non-hydrogen) atoms. The molecule has 0 saturated carbocycles. The zero-order valence-electron chi connectivity index (χ0n) is 14.0. The summed E-state index contributed by atoms with van der Waals surface area (Å²) >= 11 is 1.41. The molecular formula is C20H15F3N2S. The normalized spacial score (nSPS) is 10.5. The Balaban J connectivity index is 1.80. The number of aryl methyl sites for hydroxylation is 1. The van der Waals surface area contributed by atoms with Gasteiger partial charge >= 0.3 is 0 Å². The Morgan fingerprint density at radius 3 is 2.31 bits per heavy atom. The summed E-state index contributed by atoms with van der Waals surface area (Å²) in [4.78, 5) is 0. The highest BCUT2D eigenvalue weighted by Gasteiger charge is 2.07. The molecule has 3 rings (SSSR count). The third-order valence-corrected chi connectivity index (χ3v) is 4.64. The van der Waals surface area contributed by atoms with Crippen LogP contribution in [-0.2, 0) is 6.42 Å². The van der Waals surface area contributed by atoms with Gasteiger partial charge in [0.25, 0.3) is 0 Å². The van der Waals surface area contributed by atoms with Gasteiger partial charge in [-0.15, -0.1) is 10.2 Å². The molecule has 2 aromatic carbocycles. The Labute approximate surface area is 153 Å². The number of nitrogens with zero attached hydrogens (tertiary/aromatic N) is 2. The second-order valence-corrected chi connectivity index (χ2v) is 6.74. The molecule has 132 valence electrons. The number of benzene rings is 2. The van der Waals surface area contributed by atoms with E-state index in [-0.39, 0.29) is 5.56 Å². The highest BCUT2D eigenvalue weighted by atomic mass is 32.1. The van der Waals surface area contributed by atoms with Crippen LogP contribution in [0, 0.1) is 29.3 Å². The Morgan fingerprint density at radius 2 is 1.62 bits per heavy atom. The van der Waals surface area contributed by atoms with Gasteiger partial charge in [-0.2, -0.15) is 0 Å². The van der Waals surface area contributed by atoms with E-state index in [1.54, 1.807) is 6.07 Å². The molecule has 0 spiro atoms. The van der Waals surface area contributed by atoms with Crippen LogP contribution in [0.1, 0.15) is 35.3 Å². The van der Waals surface area contributed by atoms with Crippen LogP contribution in [0.2, 0.25) is 0 Å². The van der Waals surface area contributed by atoms with Crippen molar-refractivity contribution < 1.29 is 13.2 Å². The predicted molar refractivity (Wildman–Crippen MR) is 96.3 cm³/mol. The minimum Gasteiger partial charge on any atom is -0.206 e. The first-order valence-corrected chi connectivity index (χ1v) is 8.98. The fourth-order valence-corrected chi connectivity index (χ4v) is 3.06. The first-order valence-electron chi connectivity index (χ1n) is 8.16. The molecule has 2 nitrogen and oxygen atoms in total. The van der Waals surface area contributed by atoms with Gasteiger partial charge < -0.3 is 0 Å². The summed E-state index contributed by atoms with van der Waals surface area (Å²) in [6.07, 6.45) is 2.99. The van der Waals surface area contributed by atoms with Crippen molar-refractivity contribution in [2.75, 3.05) is 0 Å². The lowest BCUT2D eigenvalue weighted by atomic mass is 10.0. The number of halogens is 3. The van der Waals surface area contributed by atoms with Crippen LogP contribution in [0.25, 0.3) is 11.1 Å². The van der Waals surface area contributed by atoms with Crippen molar-refractivity contribution in [2.45, 2.75) is 26.2 Å². The highest BCUT2D eigenvalue weighted by Crippen LogP contribution is 2.23. The van der Waals surface area contributed by atoms with Crippen molar-refractivity contribution in [2.24, 2.45) is 0 Å². The summed E-state index contributed by atoms with van der Waals surface area (Å²) in [5.74, 6) is 3.13. The maximum absolute atomic E-state index is 14.3. The summed E-state index contributed by atoms with van der Waals surface area (Å²) in [5, 5.41) is 9.52. The number of rotatable bonds is 4. The molecule has 0 N–H and O–H groups in total. The molecule has 6 heteroatoms. The number of hydrogen-bond acceptors (Lipinski definition) is 3. The summed E-state index contributed by atoms with van der Waals surface area (Å²) in [5.41, 5.74) is 1.05. The molecule has 0 saturated heterocycles. The lowest BCUT2D eigenvalue weighted by Gasteiger charge is -2.04. The van der Waals surface area contributed by atoms with Gasteiger partial charge in [-0.05, 0) is 47.7 Å². The van der Waals surface area contributed by atoms with E-state index in [9.17, 15) is 13.2 Å². The maximum atomic E-state index is 14.3. The predicted octanol–water partition coefficient (Wildman–Crippen LogP) is 5.36. The Morgan fingerprint density at radius 1 is 0.885 bits per heavy atom. The van der Waals surface area contributed by atoms with Gasteiger partial charge in [-0.3, -0.25) is 0 Å². The van der Waals surface area contributed by atoms with Gasteiger partial charge in [-0.1, -0.05) is 42.7 Å². The van der Waals surface area contributed by atoms with Gasteiger partial charge in [0.2, 0.25) is 0 Å². The Bertz CT molecular complexity index is 986. The lowest BCUT2D eigenvalue weighted by molar-refractivity contribution is 0.509. The molecular weight excluding hydrogens is 357 g/mol. The van der Waals surface area contributed by atoms with Crippen molar-refractivity contribution in [3.05, 3.63) is 69.4 Å². The Hall–Kier alpha value is -2.65. The minimum absolute atomic E-state index is 0.210. The van der Waals surface area contributed by atoms with Crippen LogP contribution >= 0.6 is 11.3 Å². The molecule has 3 aromatic rings. The molecule has 1 aromatic heterocycles. The third-order valence-electron chi connectivity index (χ3n) is 3.74. The number of hydrogen-bond donors (Lipinski definition) is 0. The largest absolute Gasteiger partial charge is 0.206 e. The van der Waals surface area contributed by atoms with E-state index < -0.39 is 17.5 Å². The number of unbranched alkanes of at least 4 members (excludes halogenated alkanes) is 1. The fourth-order valence-electron chi connectivity index (χ4n) is 2.33. The molecule has 0 amide bonds. The average Bonchev–Trinajstić information content (AvgIpc) is 3.09. The zero-order chi connectivity index (χ0) is 18.5. The van der Waals surface area contributed by atoms with Crippen LogP contribution in [-0.4, -0.2) is 10.2 Å². The third kappa shape index (κ3) is 4.30. The molecule has 1 heterocycles. The van der Waals surface area contributed by atoms with Crippen LogP contribution in [0.5, 0.6) is 0 Å². The van der Waals surface area contributed by atoms with Crippen molar-refractivity contribution in [3.8, 4) is 23.0 Å². The number of aromatic nitrogens is 2. The lowest BCUT2D eigenvalue weighted by Crippen LogP contribution is -1.89. The van der Waals surface area contributed by atoms with Crippen molar-refractivity contribution in [1.29, 1.82) is 0 Å². The molecule has 0 atom stereocenters. The van der Waals surface area contributed by atoms with Gasteiger partial charge in [0.1, 0.15) is 10.8 Å². The van der Waals surface area contributed by atoms with Gasteiger partial charge in [0.15, 0.2) is 16.6 Å². The summed E-state index contributed by atoms with van der Waals surface area (Å²) in [6, 6.07) is 7.84. The molecule has 0 aliphatic rings. The molecule has 0 unspecified atom stereocenters. The maximum Gasteiger partial charge on any atom is 0.191 e. The molecule has 0 aliphatic carbocycles. The average molecular weight is 372 g/mol. The van der Waals surface area contributed by atoms with E-state index in [0.717, 1.165) is 36.4 Å². The van der Waals surface area contributed by atoms with Crippen molar-refractivity contribution >= 4 is 11.3 Å². The Kier molecular flexibility index (Phi) is 5.69. The first kappa shape index (κ1) is 18.2. The van der Waals surface area contributed by atoms with Crippen molar-refractivity contribution in [3.63, 3.8) is 0 Å². The summed E-state index contributed by atoms with van der Waals surface area (Å²) < 4.78 is 40.6. The van der Waals surface area contributed by atoms with Crippen LogP contribution in [0.3, 0.4) is 0 Å².